The van der Waals surface area contributed by atoms with Gasteiger partial charge < -0.3 is 10.1 Å². The van der Waals surface area contributed by atoms with E-state index in [0.29, 0.717) is 11.8 Å². The lowest BCUT2D eigenvalue weighted by molar-refractivity contribution is 0.397. The number of hydrogen-bond donors (Lipinski definition) is 1. The Bertz CT molecular complexity index is 560. The van der Waals surface area contributed by atoms with Crippen molar-refractivity contribution in [1.82, 2.24) is 9.97 Å². The van der Waals surface area contributed by atoms with Gasteiger partial charge in [-0.2, -0.15) is 4.98 Å². The second-order valence-corrected chi connectivity index (χ2v) is 5.18. The summed E-state index contributed by atoms with van der Waals surface area (Å²) in [6.07, 6.45) is 5.22. The molecular formula is C16H19N3O. The Morgan fingerprint density at radius 1 is 1.20 bits per heavy atom. The lowest BCUT2D eigenvalue weighted by atomic mass is 10.0. The molecule has 0 unspecified atom stereocenters. The van der Waals surface area contributed by atoms with Crippen LogP contribution >= 0.6 is 0 Å². The SMILES string of the molecule is COc1ccnc(NCCC2Cc3ccccc3C2)n1. The molecule has 1 aromatic carbocycles. The van der Waals surface area contributed by atoms with Crippen molar-refractivity contribution in [2.45, 2.75) is 19.3 Å². The minimum atomic E-state index is 0.593. The van der Waals surface area contributed by atoms with Crippen molar-refractivity contribution >= 4 is 5.95 Å². The highest BCUT2D eigenvalue weighted by molar-refractivity contribution is 5.32. The number of rotatable bonds is 5. The maximum absolute atomic E-state index is 5.09. The molecule has 4 heteroatoms. The van der Waals surface area contributed by atoms with Crippen LogP contribution < -0.4 is 10.1 Å². The smallest absolute Gasteiger partial charge is 0.225 e. The number of hydrogen-bond acceptors (Lipinski definition) is 4. The zero-order valence-electron chi connectivity index (χ0n) is 11.7. The molecule has 0 aliphatic heterocycles. The first-order valence-electron chi connectivity index (χ1n) is 7.03. The van der Waals surface area contributed by atoms with Crippen molar-refractivity contribution in [3.05, 3.63) is 47.7 Å². The van der Waals surface area contributed by atoms with E-state index in [1.54, 1.807) is 19.4 Å². The number of methoxy groups -OCH3 is 1. The third-order valence-corrected chi connectivity index (χ3v) is 3.81. The first-order valence-corrected chi connectivity index (χ1v) is 7.03. The molecule has 104 valence electrons. The Hall–Kier alpha value is -2.10. The monoisotopic (exact) mass is 269 g/mol. The van der Waals surface area contributed by atoms with Gasteiger partial charge in [0.05, 0.1) is 7.11 Å². The van der Waals surface area contributed by atoms with Crippen LogP contribution in [0.1, 0.15) is 17.5 Å². The molecule has 1 N–H and O–H groups in total. The number of ether oxygens (including phenoxy) is 1. The zero-order valence-corrected chi connectivity index (χ0v) is 11.7. The minimum absolute atomic E-state index is 0.593. The van der Waals surface area contributed by atoms with Crippen LogP contribution in [0.5, 0.6) is 5.88 Å². The van der Waals surface area contributed by atoms with Gasteiger partial charge in [-0.1, -0.05) is 24.3 Å². The predicted molar refractivity (Wildman–Crippen MR) is 79.0 cm³/mol. The van der Waals surface area contributed by atoms with E-state index >= 15 is 0 Å². The fourth-order valence-corrected chi connectivity index (χ4v) is 2.78. The average molecular weight is 269 g/mol. The number of nitrogens with zero attached hydrogens (tertiary/aromatic N) is 2. The number of anilines is 1. The average Bonchev–Trinajstić information content (AvgIpc) is 2.90. The van der Waals surface area contributed by atoms with E-state index in [1.807, 2.05) is 0 Å². The van der Waals surface area contributed by atoms with Crippen LogP contribution in [0, 0.1) is 5.92 Å². The molecule has 1 aliphatic carbocycles. The lowest BCUT2D eigenvalue weighted by Gasteiger charge is -2.10. The first kappa shape index (κ1) is 12.9. The van der Waals surface area contributed by atoms with Gasteiger partial charge in [-0.05, 0) is 36.3 Å². The third-order valence-electron chi connectivity index (χ3n) is 3.81. The Morgan fingerprint density at radius 3 is 2.65 bits per heavy atom. The zero-order chi connectivity index (χ0) is 13.8. The molecule has 0 atom stereocenters. The van der Waals surface area contributed by atoms with Gasteiger partial charge in [0.15, 0.2) is 0 Å². The van der Waals surface area contributed by atoms with Gasteiger partial charge in [-0.25, -0.2) is 4.98 Å². The fourth-order valence-electron chi connectivity index (χ4n) is 2.78. The lowest BCUT2D eigenvalue weighted by Crippen LogP contribution is -2.11. The Labute approximate surface area is 119 Å². The summed E-state index contributed by atoms with van der Waals surface area (Å²) in [5.41, 5.74) is 3.02. The molecule has 3 rings (SSSR count). The molecule has 4 nitrogen and oxygen atoms in total. The molecule has 2 aromatic rings. The molecule has 1 aromatic heterocycles. The Balaban J connectivity index is 1.49. The highest BCUT2D eigenvalue weighted by atomic mass is 16.5. The maximum Gasteiger partial charge on any atom is 0.225 e. The van der Waals surface area contributed by atoms with Crippen molar-refractivity contribution in [1.29, 1.82) is 0 Å². The van der Waals surface area contributed by atoms with Crippen LogP contribution in [0.2, 0.25) is 0 Å². The molecular weight excluding hydrogens is 250 g/mol. The van der Waals surface area contributed by atoms with Crippen LogP contribution in [0.15, 0.2) is 36.5 Å². The standard InChI is InChI=1S/C16H19N3O/c1-20-15-7-9-18-16(19-15)17-8-6-12-10-13-4-2-3-5-14(13)11-12/h2-5,7,9,12H,6,8,10-11H2,1H3,(H,17,18,19). The number of nitrogens with one attached hydrogen (secondary N) is 1. The molecule has 0 saturated heterocycles. The Morgan fingerprint density at radius 2 is 1.95 bits per heavy atom. The number of benzene rings is 1. The second kappa shape index (κ2) is 5.90. The summed E-state index contributed by atoms with van der Waals surface area (Å²) in [4.78, 5) is 8.44. The van der Waals surface area contributed by atoms with E-state index in [1.165, 1.54) is 24.0 Å². The van der Waals surface area contributed by atoms with Gasteiger partial charge in [0.1, 0.15) is 0 Å². The fraction of sp³-hybridized carbons (Fsp3) is 0.375. The predicted octanol–water partition coefficient (Wildman–Crippen LogP) is 2.70. The van der Waals surface area contributed by atoms with Crippen molar-refractivity contribution in [2.75, 3.05) is 19.0 Å². The van der Waals surface area contributed by atoms with Crippen LogP contribution in [-0.2, 0) is 12.8 Å². The van der Waals surface area contributed by atoms with E-state index in [2.05, 4.69) is 39.6 Å². The second-order valence-electron chi connectivity index (χ2n) is 5.18. The maximum atomic E-state index is 5.09. The van der Waals surface area contributed by atoms with E-state index < -0.39 is 0 Å². The van der Waals surface area contributed by atoms with Gasteiger partial charge in [0.25, 0.3) is 0 Å². The van der Waals surface area contributed by atoms with Crippen molar-refractivity contribution in [2.24, 2.45) is 5.92 Å². The highest BCUT2D eigenvalue weighted by Crippen LogP contribution is 2.28. The number of fused-ring (bicyclic) bond motifs is 1. The molecule has 0 saturated carbocycles. The summed E-state index contributed by atoms with van der Waals surface area (Å²) in [6, 6.07) is 10.5. The molecule has 0 spiro atoms. The van der Waals surface area contributed by atoms with Gasteiger partial charge in [0, 0.05) is 18.8 Å². The summed E-state index contributed by atoms with van der Waals surface area (Å²) in [6.45, 7) is 0.895. The van der Waals surface area contributed by atoms with E-state index in [4.69, 9.17) is 4.74 Å². The van der Waals surface area contributed by atoms with Gasteiger partial charge >= 0.3 is 0 Å². The topological polar surface area (TPSA) is 47.0 Å². The van der Waals surface area contributed by atoms with Crippen LogP contribution in [0.4, 0.5) is 5.95 Å². The molecule has 0 fully saturated rings. The third kappa shape index (κ3) is 2.90. The minimum Gasteiger partial charge on any atom is -0.481 e. The van der Waals surface area contributed by atoms with Crippen LogP contribution in [0.3, 0.4) is 0 Å². The van der Waals surface area contributed by atoms with E-state index in [-0.39, 0.29) is 0 Å². The summed E-state index contributed by atoms with van der Waals surface area (Å²) < 4.78 is 5.09. The molecule has 0 amide bonds. The molecule has 0 radical (unpaired) electrons. The summed E-state index contributed by atoms with van der Waals surface area (Å²) in [5, 5.41) is 3.27. The molecule has 0 bridgehead atoms. The van der Waals surface area contributed by atoms with Crippen molar-refractivity contribution in [3.8, 4) is 5.88 Å². The largest absolute Gasteiger partial charge is 0.481 e. The van der Waals surface area contributed by atoms with Gasteiger partial charge in [0.2, 0.25) is 11.8 Å². The van der Waals surface area contributed by atoms with Crippen molar-refractivity contribution in [3.63, 3.8) is 0 Å². The van der Waals surface area contributed by atoms with Crippen molar-refractivity contribution < 1.29 is 4.74 Å². The molecule has 1 heterocycles. The van der Waals surface area contributed by atoms with Gasteiger partial charge in [-0.3, -0.25) is 0 Å². The quantitative estimate of drug-likeness (QED) is 0.906. The highest BCUT2D eigenvalue weighted by Gasteiger charge is 2.20. The van der Waals surface area contributed by atoms with E-state index in [0.717, 1.165) is 18.9 Å². The van der Waals surface area contributed by atoms with Crippen LogP contribution in [-0.4, -0.2) is 23.6 Å². The summed E-state index contributed by atoms with van der Waals surface area (Å²) in [5.74, 6) is 1.96. The van der Waals surface area contributed by atoms with Crippen LogP contribution in [0.25, 0.3) is 0 Å². The van der Waals surface area contributed by atoms with E-state index in [9.17, 15) is 0 Å². The summed E-state index contributed by atoms with van der Waals surface area (Å²) in [7, 11) is 1.61. The number of aromatic nitrogens is 2. The Kier molecular flexibility index (Phi) is 3.81. The molecule has 1 aliphatic rings. The summed E-state index contributed by atoms with van der Waals surface area (Å²) >= 11 is 0. The molecule has 20 heavy (non-hydrogen) atoms. The van der Waals surface area contributed by atoms with Gasteiger partial charge in [-0.15, -0.1) is 0 Å². The normalized spacial score (nSPS) is 14.1. The first-order chi connectivity index (χ1) is 9.85.